The summed E-state index contributed by atoms with van der Waals surface area (Å²) in [5, 5.41) is 9.99. The molecule has 1 N–H and O–H groups in total. The minimum absolute atomic E-state index is 0.00966. The highest BCUT2D eigenvalue weighted by atomic mass is 19.1. The van der Waals surface area contributed by atoms with E-state index in [1.54, 1.807) is 19.2 Å². The lowest BCUT2D eigenvalue weighted by molar-refractivity contribution is -0.139. The number of carbonyl (C=O) groups is 1. The molecule has 0 spiro atoms. The summed E-state index contributed by atoms with van der Waals surface area (Å²) in [6.07, 6.45) is 4.67. The first-order valence-corrected chi connectivity index (χ1v) is 8.81. The van der Waals surface area contributed by atoms with Crippen LogP contribution in [0.4, 0.5) is 4.39 Å². The molecule has 132 valence electrons. The largest absolute Gasteiger partial charge is 0.393 e. The van der Waals surface area contributed by atoms with Gasteiger partial charge in [-0.05, 0) is 56.2 Å². The van der Waals surface area contributed by atoms with E-state index in [0.29, 0.717) is 19.4 Å². The molecule has 1 saturated carbocycles. The number of amides is 1. The van der Waals surface area contributed by atoms with Gasteiger partial charge >= 0.3 is 0 Å². The third-order valence-corrected chi connectivity index (χ3v) is 5.65. The van der Waals surface area contributed by atoms with Gasteiger partial charge in [-0.3, -0.25) is 4.79 Å². The van der Waals surface area contributed by atoms with Crippen molar-refractivity contribution in [3.63, 3.8) is 0 Å². The molecule has 0 unspecified atom stereocenters. The first kappa shape index (κ1) is 17.4. The topological polar surface area (TPSA) is 49.8 Å². The summed E-state index contributed by atoms with van der Waals surface area (Å²) in [6, 6.07) is 6.43. The van der Waals surface area contributed by atoms with Crippen LogP contribution in [-0.4, -0.2) is 47.3 Å². The summed E-state index contributed by atoms with van der Waals surface area (Å²) in [6.45, 7) is 0.709. The van der Waals surface area contributed by atoms with Gasteiger partial charge in [-0.2, -0.15) is 0 Å². The molecule has 5 heteroatoms. The number of likely N-dealkylation sites (tertiary alicyclic amines) is 1. The van der Waals surface area contributed by atoms with Crippen molar-refractivity contribution in [1.29, 1.82) is 0 Å². The van der Waals surface area contributed by atoms with Crippen molar-refractivity contribution in [1.82, 2.24) is 4.90 Å². The number of hydrogen-bond acceptors (Lipinski definition) is 3. The second-order valence-electron chi connectivity index (χ2n) is 7.03. The molecule has 1 heterocycles. The van der Waals surface area contributed by atoms with Gasteiger partial charge < -0.3 is 14.7 Å². The van der Waals surface area contributed by atoms with Crippen molar-refractivity contribution in [3.8, 4) is 0 Å². The number of aliphatic hydroxyl groups is 1. The van der Waals surface area contributed by atoms with Gasteiger partial charge in [0.2, 0.25) is 5.91 Å². The Hall–Kier alpha value is -1.46. The van der Waals surface area contributed by atoms with Crippen molar-refractivity contribution >= 4 is 5.91 Å². The molecule has 1 aliphatic carbocycles. The van der Waals surface area contributed by atoms with E-state index in [0.717, 1.165) is 37.7 Å². The Balaban J connectivity index is 1.55. The zero-order valence-corrected chi connectivity index (χ0v) is 14.2. The Morgan fingerprint density at radius 1 is 1.38 bits per heavy atom. The molecule has 0 aromatic heterocycles. The van der Waals surface area contributed by atoms with Crippen molar-refractivity contribution < 1.29 is 19.0 Å². The number of carbonyl (C=O) groups excluding carboxylic acids is 1. The van der Waals surface area contributed by atoms with Gasteiger partial charge in [0.15, 0.2) is 0 Å². The van der Waals surface area contributed by atoms with Crippen LogP contribution in [0, 0.1) is 5.82 Å². The number of ether oxygens (including phenoxy) is 1. The van der Waals surface area contributed by atoms with Crippen molar-refractivity contribution in [2.24, 2.45) is 0 Å². The first-order chi connectivity index (χ1) is 11.5. The van der Waals surface area contributed by atoms with Crippen LogP contribution in [0.5, 0.6) is 0 Å². The molecule has 1 aromatic carbocycles. The maximum Gasteiger partial charge on any atom is 0.222 e. The Morgan fingerprint density at radius 3 is 2.83 bits per heavy atom. The van der Waals surface area contributed by atoms with Crippen LogP contribution in [0.3, 0.4) is 0 Å². The van der Waals surface area contributed by atoms with E-state index >= 15 is 0 Å². The number of fused-ring (bicyclic) bond motifs is 1. The quantitative estimate of drug-likeness (QED) is 0.900. The summed E-state index contributed by atoms with van der Waals surface area (Å²) in [5.74, 6) is -0.103. The van der Waals surface area contributed by atoms with Crippen LogP contribution in [0.15, 0.2) is 24.3 Å². The van der Waals surface area contributed by atoms with Gasteiger partial charge in [-0.1, -0.05) is 12.1 Å². The van der Waals surface area contributed by atoms with Gasteiger partial charge in [-0.25, -0.2) is 4.39 Å². The maximum atomic E-state index is 12.9. The molecule has 2 fully saturated rings. The number of nitrogens with zero attached hydrogens (tertiary/aromatic N) is 1. The predicted octanol–water partition coefficient (Wildman–Crippen LogP) is 2.68. The first-order valence-electron chi connectivity index (χ1n) is 8.81. The molecule has 1 saturated heterocycles. The Labute approximate surface area is 142 Å². The molecule has 0 bridgehead atoms. The Kier molecular flexibility index (Phi) is 5.21. The van der Waals surface area contributed by atoms with E-state index in [4.69, 9.17) is 4.74 Å². The molecule has 1 aliphatic heterocycles. The number of aliphatic hydroxyl groups excluding tert-OH is 1. The Morgan fingerprint density at radius 2 is 2.12 bits per heavy atom. The van der Waals surface area contributed by atoms with Crippen LogP contribution in [0.25, 0.3) is 0 Å². The van der Waals surface area contributed by atoms with Crippen molar-refractivity contribution in [3.05, 3.63) is 35.6 Å². The van der Waals surface area contributed by atoms with E-state index in [-0.39, 0.29) is 29.5 Å². The molecule has 2 aliphatic rings. The van der Waals surface area contributed by atoms with Crippen molar-refractivity contribution in [2.75, 3.05) is 13.7 Å². The Bertz CT molecular complexity index is 576. The highest BCUT2D eigenvalue weighted by Gasteiger charge is 2.52. The lowest BCUT2D eigenvalue weighted by atomic mass is 9.79. The SMILES string of the molecule is CO[C@@]12CC[C@H](O)C[C@@H]1N(C(=O)CCCc1ccc(F)cc1)CC2. The molecule has 1 amide bonds. The van der Waals surface area contributed by atoms with Crippen molar-refractivity contribution in [2.45, 2.75) is 62.7 Å². The highest BCUT2D eigenvalue weighted by Crippen LogP contribution is 2.42. The molecular formula is C19H26FNO3. The monoisotopic (exact) mass is 335 g/mol. The second-order valence-corrected chi connectivity index (χ2v) is 7.03. The second kappa shape index (κ2) is 7.19. The molecule has 3 atom stereocenters. The average Bonchev–Trinajstić information content (AvgIpc) is 2.96. The minimum Gasteiger partial charge on any atom is -0.393 e. The summed E-state index contributed by atoms with van der Waals surface area (Å²) in [4.78, 5) is 14.6. The van der Waals surface area contributed by atoms with Crippen LogP contribution >= 0.6 is 0 Å². The summed E-state index contributed by atoms with van der Waals surface area (Å²) in [5.41, 5.74) is 0.774. The number of hydrogen-bond donors (Lipinski definition) is 1. The molecule has 24 heavy (non-hydrogen) atoms. The minimum atomic E-state index is -0.342. The molecular weight excluding hydrogens is 309 g/mol. The molecule has 3 rings (SSSR count). The zero-order valence-electron chi connectivity index (χ0n) is 14.2. The number of benzene rings is 1. The van der Waals surface area contributed by atoms with E-state index < -0.39 is 0 Å². The van der Waals surface area contributed by atoms with Gasteiger partial charge in [0.25, 0.3) is 0 Å². The fraction of sp³-hybridized carbons (Fsp3) is 0.632. The zero-order chi connectivity index (χ0) is 17.2. The number of rotatable bonds is 5. The van der Waals surface area contributed by atoms with Gasteiger partial charge in [0.05, 0.1) is 17.7 Å². The summed E-state index contributed by atoms with van der Waals surface area (Å²) >= 11 is 0. The van der Waals surface area contributed by atoms with Crippen LogP contribution in [0.1, 0.15) is 44.1 Å². The van der Waals surface area contributed by atoms with E-state index in [2.05, 4.69) is 0 Å². The third-order valence-electron chi connectivity index (χ3n) is 5.65. The third kappa shape index (κ3) is 3.47. The number of aryl methyl sites for hydroxylation is 1. The lowest BCUT2D eigenvalue weighted by Gasteiger charge is -2.42. The fourth-order valence-corrected chi connectivity index (χ4v) is 4.21. The molecule has 4 nitrogen and oxygen atoms in total. The average molecular weight is 335 g/mol. The van der Waals surface area contributed by atoms with Crippen LogP contribution in [0.2, 0.25) is 0 Å². The standard InChI is InChI=1S/C19H26FNO3/c1-24-19-10-9-16(22)13-17(19)21(12-11-19)18(23)4-2-3-14-5-7-15(20)8-6-14/h5-8,16-17,22H,2-4,9-13H2,1H3/t16-,17-,19+/m0/s1. The van der Waals surface area contributed by atoms with E-state index in [1.807, 2.05) is 4.90 Å². The molecule has 1 aromatic rings. The van der Waals surface area contributed by atoms with Crippen LogP contribution < -0.4 is 0 Å². The summed E-state index contributed by atoms with van der Waals surface area (Å²) in [7, 11) is 1.72. The van der Waals surface area contributed by atoms with Crippen LogP contribution in [-0.2, 0) is 16.0 Å². The lowest BCUT2D eigenvalue weighted by Crippen LogP contribution is -2.52. The highest BCUT2D eigenvalue weighted by molar-refractivity contribution is 5.77. The van der Waals surface area contributed by atoms with Gasteiger partial charge in [-0.15, -0.1) is 0 Å². The smallest absolute Gasteiger partial charge is 0.222 e. The van der Waals surface area contributed by atoms with Gasteiger partial charge in [0, 0.05) is 20.1 Å². The predicted molar refractivity (Wildman–Crippen MR) is 89.1 cm³/mol. The fourth-order valence-electron chi connectivity index (χ4n) is 4.21. The summed E-state index contributed by atoms with van der Waals surface area (Å²) < 4.78 is 18.7. The van der Waals surface area contributed by atoms with E-state index in [1.165, 1.54) is 12.1 Å². The van der Waals surface area contributed by atoms with E-state index in [9.17, 15) is 14.3 Å². The number of methoxy groups -OCH3 is 1. The van der Waals surface area contributed by atoms with Gasteiger partial charge in [0.1, 0.15) is 5.82 Å². The normalized spacial score (nSPS) is 29.5. The maximum absolute atomic E-state index is 12.9. The number of halogens is 1. The molecule has 0 radical (unpaired) electrons.